The molecule has 1 aromatic rings. The van der Waals surface area contributed by atoms with Crippen LogP contribution >= 0.6 is 0 Å². The topological polar surface area (TPSA) is 74.2 Å². The average Bonchev–Trinajstić information content (AvgIpc) is 2.61. The number of phenolic OH excluding ortho intramolecular Hbond substituents is 1. The second-order valence-electron chi connectivity index (χ2n) is 6.97. The molecule has 6 heteroatoms. The Kier molecular flexibility index (Phi) is 9.76. The first kappa shape index (κ1) is 23.7. The number of hydrogen-bond acceptors (Lipinski definition) is 6. The molecule has 0 bridgehead atoms. The molecule has 0 aliphatic heterocycles. The molecule has 0 spiro atoms. The normalized spacial score (nSPS) is 10.4. The third kappa shape index (κ3) is 6.39. The minimum atomic E-state index is -0.293. The molecule has 0 heterocycles. The highest BCUT2D eigenvalue weighted by Gasteiger charge is 2.27. The lowest BCUT2D eigenvalue weighted by Gasteiger charge is -2.22. The van der Waals surface area contributed by atoms with Crippen LogP contribution in [0.1, 0.15) is 56.1 Å². The summed E-state index contributed by atoms with van der Waals surface area (Å²) in [6, 6.07) is 0. The van der Waals surface area contributed by atoms with Crippen LogP contribution in [-0.4, -0.2) is 38.7 Å². The van der Waals surface area contributed by atoms with Gasteiger partial charge in [0, 0.05) is 25.3 Å². The van der Waals surface area contributed by atoms with E-state index in [-0.39, 0.29) is 36.4 Å². The van der Waals surface area contributed by atoms with Crippen LogP contribution in [0, 0.1) is 0 Å². The Morgan fingerprint density at radius 1 is 0.821 bits per heavy atom. The quantitative estimate of drug-likeness (QED) is 0.338. The molecule has 6 nitrogen and oxygen atoms in total. The van der Waals surface area contributed by atoms with Crippen molar-refractivity contribution in [1.29, 1.82) is 0 Å². The maximum absolute atomic E-state index is 12.4. The van der Waals surface area contributed by atoms with Crippen molar-refractivity contribution in [2.24, 2.45) is 0 Å². The molecule has 0 atom stereocenters. The highest BCUT2D eigenvalue weighted by molar-refractivity contribution is 6.01. The fourth-order valence-electron chi connectivity index (χ4n) is 2.69. The fraction of sp³-hybridized carbons (Fsp3) is 0.500. The molecule has 1 aromatic carbocycles. The number of aromatic hydroxyl groups is 1. The van der Waals surface area contributed by atoms with Gasteiger partial charge in [0.05, 0.1) is 0 Å². The van der Waals surface area contributed by atoms with E-state index in [2.05, 4.69) is 0 Å². The molecule has 0 amide bonds. The molecule has 0 aliphatic rings. The third-order valence-electron chi connectivity index (χ3n) is 4.00. The van der Waals surface area contributed by atoms with Crippen molar-refractivity contribution < 1.29 is 28.8 Å². The maximum Gasteiger partial charge on any atom is 0.188 e. The van der Waals surface area contributed by atoms with Crippen molar-refractivity contribution in [2.45, 2.75) is 47.5 Å². The van der Waals surface area contributed by atoms with E-state index in [1.165, 1.54) is 21.1 Å². The summed E-state index contributed by atoms with van der Waals surface area (Å²) in [5, 5.41) is 10.9. The van der Waals surface area contributed by atoms with E-state index < -0.39 is 0 Å². The van der Waals surface area contributed by atoms with Crippen molar-refractivity contribution in [1.82, 2.24) is 0 Å². The van der Waals surface area contributed by atoms with Crippen molar-refractivity contribution in [3.05, 3.63) is 40.0 Å². The highest BCUT2D eigenvalue weighted by Crippen LogP contribution is 2.44. The molecule has 28 heavy (non-hydrogen) atoms. The van der Waals surface area contributed by atoms with Crippen molar-refractivity contribution in [3.63, 3.8) is 0 Å². The Hall–Kier alpha value is -2.31. The lowest BCUT2D eigenvalue weighted by atomic mass is 9.93. The molecule has 0 saturated carbocycles. The van der Waals surface area contributed by atoms with Gasteiger partial charge in [-0.3, -0.25) is 4.79 Å². The highest BCUT2D eigenvalue weighted by atomic mass is 16.7. The van der Waals surface area contributed by atoms with E-state index in [1.54, 1.807) is 0 Å². The van der Waals surface area contributed by atoms with Gasteiger partial charge in [-0.2, -0.15) is 0 Å². The van der Waals surface area contributed by atoms with Gasteiger partial charge in [-0.05, 0) is 47.5 Å². The molecular weight excluding hydrogens is 360 g/mol. The van der Waals surface area contributed by atoms with Crippen LogP contribution in [0.3, 0.4) is 0 Å². The van der Waals surface area contributed by atoms with Crippen LogP contribution in [0.2, 0.25) is 0 Å². The number of ketones is 1. The number of Topliss-reactive ketones (excluding diaryl/α,β-unsaturated/α-hetero) is 1. The Labute approximate surface area is 167 Å². The molecule has 0 saturated heterocycles. The Balaban J connectivity index is 3.84. The number of rotatable bonds is 11. The minimum absolute atomic E-state index is 0.00617. The maximum atomic E-state index is 12.4. The average molecular weight is 392 g/mol. The smallest absolute Gasteiger partial charge is 0.188 e. The molecule has 156 valence electrons. The van der Waals surface area contributed by atoms with Crippen LogP contribution in [0.4, 0.5) is 0 Å². The van der Waals surface area contributed by atoms with Crippen LogP contribution in [-0.2, 0) is 22.3 Å². The number of carbonyl (C=O) groups excluding carboxylic acids is 1. The van der Waals surface area contributed by atoms with Crippen molar-refractivity contribution in [2.75, 3.05) is 27.8 Å². The van der Waals surface area contributed by atoms with E-state index in [0.29, 0.717) is 29.7 Å². The van der Waals surface area contributed by atoms with Crippen LogP contribution in [0.25, 0.3) is 0 Å². The molecule has 1 N–H and O–H groups in total. The van der Waals surface area contributed by atoms with E-state index in [4.69, 9.17) is 18.9 Å². The van der Waals surface area contributed by atoms with Gasteiger partial charge in [-0.25, -0.2) is 0 Å². The second-order valence-corrected chi connectivity index (χ2v) is 6.97. The Morgan fingerprint density at radius 2 is 1.29 bits per heavy atom. The molecule has 0 fully saturated rings. The van der Waals surface area contributed by atoms with E-state index in [9.17, 15) is 9.90 Å². The molecule has 0 unspecified atom stereocenters. The summed E-state index contributed by atoms with van der Waals surface area (Å²) in [5.74, 6) is 0.309. The zero-order valence-electron chi connectivity index (χ0n) is 18.0. The number of phenols is 1. The monoisotopic (exact) mass is 392 g/mol. The Morgan fingerprint density at radius 3 is 1.71 bits per heavy atom. The number of ether oxygens (including phenoxy) is 4. The number of carbonyl (C=O) groups is 1. The standard InChI is InChI=1S/C22H32O6/c1-14(2)8-10-17-20(24)19(16(5)23)22(28-13-26-7)18(11-9-15(3)4)21(17)27-12-25-6/h8-9,24H,10-13H2,1-7H3. The molecule has 0 radical (unpaired) electrons. The first-order valence-corrected chi connectivity index (χ1v) is 9.16. The van der Waals surface area contributed by atoms with Gasteiger partial charge in [-0.1, -0.05) is 23.3 Å². The van der Waals surface area contributed by atoms with Gasteiger partial charge in [0.1, 0.15) is 22.8 Å². The molecule has 1 rings (SSSR count). The summed E-state index contributed by atoms with van der Waals surface area (Å²) in [6.45, 7) is 9.27. The summed E-state index contributed by atoms with van der Waals surface area (Å²) in [6.07, 6.45) is 4.88. The Bertz CT molecular complexity index is 738. The second kappa shape index (κ2) is 11.5. The molecule has 0 aromatic heterocycles. The van der Waals surface area contributed by atoms with Gasteiger partial charge >= 0.3 is 0 Å². The summed E-state index contributed by atoms with van der Waals surface area (Å²) in [7, 11) is 3.02. The zero-order valence-corrected chi connectivity index (χ0v) is 18.0. The largest absolute Gasteiger partial charge is 0.507 e. The predicted octanol–water partition coefficient (Wildman–Crippen LogP) is 4.58. The lowest BCUT2D eigenvalue weighted by Crippen LogP contribution is -2.12. The first-order chi connectivity index (χ1) is 13.2. The fourth-order valence-corrected chi connectivity index (χ4v) is 2.69. The van der Waals surface area contributed by atoms with Crippen LogP contribution in [0.5, 0.6) is 17.2 Å². The van der Waals surface area contributed by atoms with E-state index in [0.717, 1.165) is 11.1 Å². The van der Waals surface area contributed by atoms with Crippen LogP contribution < -0.4 is 9.47 Å². The van der Waals surface area contributed by atoms with Gasteiger partial charge in [0.2, 0.25) is 0 Å². The molecule has 0 aliphatic carbocycles. The van der Waals surface area contributed by atoms with E-state index >= 15 is 0 Å². The van der Waals surface area contributed by atoms with Gasteiger partial charge in [-0.15, -0.1) is 0 Å². The van der Waals surface area contributed by atoms with Gasteiger partial charge < -0.3 is 24.1 Å². The third-order valence-corrected chi connectivity index (χ3v) is 4.00. The number of hydrogen-bond donors (Lipinski definition) is 1. The number of allylic oxidation sites excluding steroid dienone is 4. The minimum Gasteiger partial charge on any atom is -0.507 e. The van der Waals surface area contributed by atoms with E-state index in [1.807, 2.05) is 39.8 Å². The summed E-state index contributed by atoms with van der Waals surface area (Å²) in [5.41, 5.74) is 3.54. The summed E-state index contributed by atoms with van der Waals surface area (Å²) >= 11 is 0. The molecular formula is C22H32O6. The van der Waals surface area contributed by atoms with Crippen molar-refractivity contribution >= 4 is 5.78 Å². The zero-order chi connectivity index (χ0) is 21.3. The number of methoxy groups -OCH3 is 2. The summed E-state index contributed by atoms with van der Waals surface area (Å²) < 4.78 is 21.7. The van der Waals surface area contributed by atoms with Crippen molar-refractivity contribution in [3.8, 4) is 17.2 Å². The summed E-state index contributed by atoms with van der Waals surface area (Å²) in [4.78, 5) is 12.4. The first-order valence-electron chi connectivity index (χ1n) is 9.16. The number of benzene rings is 1. The van der Waals surface area contributed by atoms with Crippen LogP contribution in [0.15, 0.2) is 23.3 Å². The van der Waals surface area contributed by atoms with Gasteiger partial charge in [0.25, 0.3) is 0 Å². The predicted molar refractivity (Wildman–Crippen MR) is 109 cm³/mol. The lowest BCUT2D eigenvalue weighted by molar-refractivity contribution is 0.0436. The van der Waals surface area contributed by atoms with Gasteiger partial charge in [0.15, 0.2) is 19.4 Å². The SMILES string of the molecule is COCOc1c(CC=C(C)C)c(O)c(C(C)=O)c(OCOC)c1CC=C(C)C.